The average Bonchev–Trinajstić information content (AvgIpc) is 3.10. The highest BCUT2D eigenvalue weighted by atomic mass is 32.1. The van der Waals surface area contributed by atoms with Crippen LogP contribution < -0.4 is 10.2 Å². The van der Waals surface area contributed by atoms with E-state index in [1.54, 1.807) is 11.3 Å². The van der Waals surface area contributed by atoms with E-state index in [0.29, 0.717) is 19.8 Å². The molecule has 0 bridgehead atoms. The number of aromatic nitrogens is 1. The van der Waals surface area contributed by atoms with E-state index in [4.69, 9.17) is 9.72 Å². The highest BCUT2D eigenvalue weighted by Crippen LogP contribution is 2.27. The number of nitrogens with zero attached hydrogens (tertiary/aromatic N) is 2. The maximum atomic E-state index is 12.7. The van der Waals surface area contributed by atoms with Gasteiger partial charge in [0.1, 0.15) is 5.01 Å². The van der Waals surface area contributed by atoms with Crippen LogP contribution in [-0.2, 0) is 24.1 Å². The van der Waals surface area contributed by atoms with Crippen LogP contribution in [-0.4, -0.2) is 37.2 Å². The minimum Gasteiger partial charge on any atom is -0.378 e. The van der Waals surface area contributed by atoms with Gasteiger partial charge in [0.25, 0.3) is 5.91 Å². The van der Waals surface area contributed by atoms with Gasteiger partial charge in [0, 0.05) is 23.7 Å². The Morgan fingerprint density at radius 1 is 1.20 bits per heavy atom. The van der Waals surface area contributed by atoms with Crippen molar-refractivity contribution < 1.29 is 9.53 Å². The van der Waals surface area contributed by atoms with Gasteiger partial charge >= 0.3 is 0 Å². The Morgan fingerprint density at radius 2 is 2.00 bits per heavy atom. The molecule has 1 saturated heterocycles. The van der Waals surface area contributed by atoms with Gasteiger partial charge < -0.3 is 15.0 Å². The number of fused-ring (bicyclic) bond motifs is 1. The quantitative estimate of drug-likeness (QED) is 0.914. The standard InChI is InChI=1S/C19H23N3O2S/c23-19(20-13-18-21-15-6-2-4-8-17(15)25-18)14-5-1-3-7-16(14)22-9-11-24-12-10-22/h1,3,5,7H,2,4,6,8-13H2,(H,20,23). The maximum Gasteiger partial charge on any atom is 0.253 e. The molecule has 1 aromatic carbocycles. The minimum absolute atomic E-state index is 0.0322. The monoisotopic (exact) mass is 357 g/mol. The molecule has 2 aliphatic rings. The Labute approximate surface area is 152 Å². The number of rotatable bonds is 4. The first-order valence-corrected chi connectivity index (χ1v) is 9.80. The molecule has 5 nitrogen and oxygen atoms in total. The second kappa shape index (κ2) is 7.54. The van der Waals surface area contributed by atoms with Crippen LogP contribution in [0.3, 0.4) is 0 Å². The summed E-state index contributed by atoms with van der Waals surface area (Å²) in [6, 6.07) is 7.81. The number of amides is 1. The van der Waals surface area contributed by atoms with Gasteiger partial charge in [-0.15, -0.1) is 11.3 Å². The van der Waals surface area contributed by atoms with Crippen LogP contribution in [0.4, 0.5) is 5.69 Å². The van der Waals surface area contributed by atoms with Crippen LogP contribution in [0.2, 0.25) is 0 Å². The Hall–Kier alpha value is -1.92. The molecule has 132 valence electrons. The number of benzene rings is 1. The lowest BCUT2D eigenvalue weighted by Gasteiger charge is -2.30. The van der Waals surface area contributed by atoms with Crippen molar-refractivity contribution in [3.63, 3.8) is 0 Å². The van der Waals surface area contributed by atoms with E-state index >= 15 is 0 Å². The molecule has 0 atom stereocenters. The van der Waals surface area contributed by atoms with E-state index in [-0.39, 0.29) is 5.91 Å². The van der Waals surface area contributed by atoms with Crippen LogP contribution in [0.5, 0.6) is 0 Å². The molecule has 1 aliphatic heterocycles. The number of carbonyl (C=O) groups is 1. The van der Waals surface area contributed by atoms with Gasteiger partial charge in [0.05, 0.1) is 31.0 Å². The van der Waals surface area contributed by atoms with Crippen molar-refractivity contribution in [1.29, 1.82) is 0 Å². The second-order valence-corrected chi connectivity index (χ2v) is 7.65. The minimum atomic E-state index is -0.0322. The number of hydrogen-bond donors (Lipinski definition) is 1. The first-order chi connectivity index (χ1) is 12.3. The number of morpholine rings is 1. The molecular weight excluding hydrogens is 334 g/mol. The first-order valence-electron chi connectivity index (χ1n) is 8.98. The molecule has 1 N–H and O–H groups in total. The van der Waals surface area contributed by atoms with Gasteiger partial charge in [0.2, 0.25) is 0 Å². The number of nitrogens with one attached hydrogen (secondary N) is 1. The van der Waals surface area contributed by atoms with E-state index in [1.807, 2.05) is 24.3 Å². The number of thiazole rings is 1. The third kappa shape index (κ3) is 3.70. The van der Waals surface area contributed by atoms with E-state index in [9.17, 15) is 4.79 Å². The summed E-state index contributed by atoms with van der Waals surface area (Å²) in [6.45, 7) is 3.57. The van der Waals surface area contributed by atoms with Crippen molar-refractivity contribution in [1.82, 2.24) is 10.3 Å². The third-order valence-electron chi connectivity index (χ3n) is 4.79. The average molecular weight is 357 g/mol. The van der Waals surface area contributed by atoms with E-state index < -0.39 is 0 Å². The number of hydrogen-bond acceptors (Lipinski definition) is 5. The van der Waals surface area contributed by atoms with Gasteiger partial charge in [-0.3, -0.25) is 4.79 Å². The van der Waals surface area contributed by atoms with E-state index in [2.05, 4.69) is 10.2 Å². The van der Waals surface area contributed by atoms with Gasteiger partial charge in [-0.2, -0.15) is 0 Å². The van der Waals surface area contributed by atoms with Gasteiger partial charge in [-0.1, -0.05) is 12.1 Å². The van der Waals surface area contributed by atoms with Crippen molar-refractivity contribution in [3.8, 4) is 0 Å². The smallest absolute Gasteiger partial charge is 0.253 e. The molecule has 1 aromatic heterocycles. The lowest BCUT2D eigenvalue weighted by atomic mass is 10.0. The lowest BCUT2D eigenvalue weighted by molar-refractivity contribution is 0.0949. The summed E-state index contributed by atoms with van der Waals surface area (Å²) in [7, 11) is 0. The number of ether oxygens (including phenoxy) is 1. The Kier molecular flexibility index (Phi) is 4.99. The highest BCUT2D eigenvalue weighted by molar-refractivity contribution is 7.11. The number of anilines is 1. The Morgan fingerprint density at radius 3 is 2.84 bits per heavy atom. The number of aryl methyl sites for hydroxylation is 2. The normalized spacial score (nSPS) is 17.2. The zero-order chi connectivity index (χ0) is 17.1. The molecule has 0 radical (unpaired) electrons. The predicted molar refractivity (Wildman–Crippen MR) is 99.4 cm³/mol. The van der Waals surface area contributed by atoms with Gasteiger partial charge in [-0.25, -0.2) is 4.98 Å². The lowest BCUT2D eigenvalue weighted by Crippen LogP contribution is -2.37. The van der Waals surface area contributed by atoms with Crippen molar-refractivity contribution >= 4 is 22.9 Å². The van der Waals surface area contributed by atoms with Crippen LogP contribution >= 0.6 is 11.3 Å². The van der Waals surface area contributed by atoms with Crippen LogP contribution in [0, 0.1) is 0 Å². The summed E-state index contributed by atoms with van der Waals surface area (Å²) in [5.74, 6) is -0.0322. The summed E-state index contributed by atoms with van der Waals surface area (Å²) in [5.41, 5.74) is 2.96. The van der Waals surface area contributed by atoms with Crippen molar-refractivity contribution in [2.75, 3.05) is 31.2 Å². The van der Waals surface area contributed by atoms with Gasteiger partial charge in [-0.05, 0) is 37.8 Å². The first kappa shape index (κ1) is 16.5. The third-order valence-corrected chi connectivity index (χ3v) is 5.95. The molecule has 2 heterocycles. The van der Waals surface area contributed by atoms with Crippen molar-refractivity contribution in [2.24, 2.45) is 0 Å². The largest absolute Gasteiger partial charge is 0.378 e. The Balaban J connectivity index is 1.45. The molecule has 1 fully saturated rings. The van der Waals surface area contributed by atoms with Crippen LogP contribution in [0.1, 0.15) is 38.8 Å². The summed E-state index contributed by atoms with van der Waals surface area (Å²) >= 11 is 1.75. The van der Waals surface area contributed by atoms with Crippen molar-refractivity contribution in [3.05, 3.63) is 45.4 Å². The SMILES string of the molecule is O=C(NCc1nc2c(s1)CCCC2)c1ccccc1N1CCOCC1. The van der Waals surface area contributed by atoms with Crippen LogP contribution in [0.25, 0.3) is 0 Å². The van der Waals surface area contributed by atoms with Crippen LogP contribution in [0.15, 0.2) is 24.3 Å². The summed E-state index contributed by atoms with van der Waals surface area (Å²) in [4.78, 5) is 21.1. The fraction of sp³-hybridized carbons (Fsp3) is 0.474. The van der Waals surface area contributed by atoms with E-state index in [1.165, 1.54) is 23.4 Å². The fourth-order valence-corrected chi connectivity index (χ4v) is 4.57. The topological polar surface area (TPSA) is 54.5 Å². The summed E-state index contributed by atoms with van der Waals surface area (Å²) in [5, 5.41) is 4.07. The maximum absolute atomic E-state index is 12.7. The molecule has 0 unspecified atom stereocenters. The molecule has 6 heteroatoms. The molecule has 25 heavy (non-hydrogen) atoms. The molecule has 4 rings (SSSR count). The molecule has 1 aliphatic carbocycles. The van der Waals surface area contributed by atoms with E-state index in [0.717, 1.165) is 42.2 Å². The fourth-order valence-electron chi connectivity index (χ4n) is 3.48. The summed E-state index contributed by atoms with van der Waals surface area (Å²) in [6.07, 6.45) is 4.71. The Bertz CT molecular complexity index is 729. The molecule has 0 spiro atoms. The molecular formula is C19H23N3O2S. The summed E-state index contributed by atoms with van der Waals surface area (Å²) < 4.78 is 5.42. The van der Waals surface area contributed by atoms with Gasteiger partial charge in [0.15, 0.2) is 0 Å². The predicted octanol–water partition coefficient (Wildman–Crippen LogP) is 2.79. The molecule has 2 aromatic rings. The second-order valence-electron chi connectivity index (χ2n) is 6.48. The highest BCUT2D eigenvalue weighted by Gasteiger charge is 2.19. The zero-order valence-electron chi connectivity index (χ0n) is 14.3. The molecule has 1 amide bonds. The number of para-hydroxylation sites is 1. The zero-order valence-corrected chi connectivity index (χ0v) is 15.1. The number of carbonyl (C=O) groups excluding carboxylic acids is 1. The molecule has 0 saturated carbocycles. The van der Waals surface area contributed by atoms with Crippen molar-refractivity contribution in [2.45, 2.75) is 32.2 Å².